The van der Waals surface area contributed by atoms with Crippen molar-refractivity contribution in [1.29, 1.82) is 0 Å². The number of hydrogen-bond acceptors (Lipinski definition) is 8. The summed E-state index contributed by atoms with van der Waals surface area (Å²) in [5.74, 6) is -0.721. The molecule has 0 radical (unpaired) electrons. The molecule has 0 unspecified atom stereocenters. The van der Waals surface area contributed by atoms with E-state index in [9.17, 15) is 25.0 Å². The number of nitro benzene ring substituents is 2. The van der Waals surface area contributed by atoms with Gasteiger partial charge in [0.15, 0.2) is 5.13 Å². The highest BCUT2D eigenvalue weighted by Gasteiger charge is 2.25. The minimum absolute atomic E-state index is 0.0320. The first-order chi connectivity index (χ1) is 12.9. The van der Waals surface area contributed by atoms with Gasteiger partial charge in [-0.25, -0.2) is 4.98 Å². The van der Waals surface area contributed by atoms with Crippen molar-refractivity contribution < 1.29 is 14.6 Å². The van der Waals surface area contributed by atoms with Crippen LogP contribution in [0.4, 0.5) is 16.5 Å². The molecular weight excluding hydrogens is 374 g/mol. The van der Waals surface area contributed by atoms with E-state index in [1.165, 1.54) is 6.92 Å². The largest absolute Gasteiger partial charge is 0.298 e. The molecule has 1 aromatic carbocycles. The summed E-state index contributed by atoms with van der Waals surface area (Å²) >= 11 is 1.14. The van der Waals surface area contributed by atoms with Gasteiger partial charge in [0.1, 0.15) is 5.69 Å². The Morgan fingerprint density at radius 2 is 1.93 bits per heavy atom. The number of nitrogens with zero attached hydrogens (tertiary/aromatic N) is 4. The molecule has 136 valence electrons. The Hall–Kier alpha value is -3.73. The van der Waals surface area contributed by atoms with Gasteiger partial charge in [0.25, 0.3) is 17.3 Å². The molecule has 3 rings (SSSR count). The van der Waals surface area contributed by atoms with Gasteiger partial charge < -0.3 is 0 Å². The van der Waals surface area contributed by atoms with Crippen molar-refractivity contribution in [2.24, 2.45) is 0 Å². The minimum Gasteiger partial charge on any atom is -0.298 e. The lowest BCUT2D eigenvalue weighted by Gasteiger charge is -2.06. The predicted octanol–water partition coefficient (Wildman–Crippen LogP) is 3.58. The fourth-order valence-corrected chi connectivity index (χ4v) is 3.04. The van der Waals surface area contributed by atoms with Crippen molar-refractivity contribution in [3.63, 3.8) is 0 Å². The van der Waals surface area contributed by atoms with Gasteiger partial charge in [0, 0.05) is 23.2 Å². The van der Waals surface area contributed by atoms with E-state index in [1.807, 2.05) is 0 Å². The number of pyridine rings is 1. The zero-order valence-electron chi connectivity index (χ0n) is 13.8. The molecule has 11 heteroatoms. The molecule has 1 amide bonds. The first-order valence-electron chi connectivity index (χ1n) is 7.48. The van der Waals surface area contributed by atoms with Crippen LogP contribution in [0.2, 0.25) is 0 Å². The fraction of sp³-hybridized carbons (Fsp3) is 0.0625. The number of amides is 1. The second-order valence-electron chi connectivity index (χ2n) is 5.36. The Balaban J connectivity index is 1.92. The van der Waals surface area contributed by atoms with E-state index < -0.39 is 27.1 Å². The molecule has 0 spiro atoms. The summed E-state index contributed by atoms with van der Waals surface area (Å²) in [6, 6.07) is 7.15. The monoisotopic (exact) mass is 385 g/mol. The molecule has 0 atom stereocenters. The summed E-state index contributed by atoms with van der Waals surface area (Å²) < 4.78 is 0. The molecule has 3 aromatic rings. The van der Waals surface area contributed by atoms with Gasteiger partial charge >= 0.3 is 0 Å². The van der Waals surface area contributed by atoms with Crippen molar-refractivity contribution in [2.45, 2.75) is 6.92 Å². The molecule has 0 saturated carbocycles. The number of nitro groups is 2. The molecule has 0 aliphatic rings. The van der Waals surface area contributed by atoms with Crippen molar-refractivity contribution in [2.75, 3.05) is 5.32 Å². The van der Waals surface area contributed by atoms with E-state index in [1.54, 1.807) is 29.8 Å². The maximum absolute atomic E-state index is 12.5. The molecule has 0 fully saturated rings. The van der Waals surface area contributed by atoms with Gasteiger partial charge in [0.2, 0.25) is 0 Å². The lowest BCUT2D eigenvalue weighted by atomic mass is 10.0. The maximum Gasteiger partial charge on any atom is 0.279 e. The van der Waals surface area contributed by atoms with Crippen LogP contribution < -0.4 is 5.32 Å². The number of anilines is 1. The molecule has 0 saturated heterocycles. The summed E-state index contributed by atoms with van der Waals surface area (Å²) in [5, 5.41) is 26.6. The topological polar surface area (TPSA) is 141 Å². The Kier molecular flexibility index (Phi) is 4.86. The third-order valence-corrected chi connectivity index (χ3v) is 4.43. The molecule has 2 heterocycles. The predicted molar refractivity (Wildman–Crippen MR) is 97.8 cm³/mol. The number of carbonyl (C=O) groups excluding carboxylic acids is 1. The summed E-state index contributed by atoms with van der Waals surface area (Å²) in [7, 11) is 0. The van der Waals surface area contributed by atoms with Gasteiger partial charge in [-0.2, -0.15) is 0 Å². The first-order valence-corrected chi connectivity index (χ1v) is 8.36. The molecule has 2 aromatic heterocycles. The lowest BCUT2D eigenvalue weighted by molar-refractivity contribution is -0.394. The molecule has 0 aliphatic heterocycles. The first kappa shape index (κ1) is 18.1. The van der Waals surface area contributed by atoms with Crippen LogP contribution in [0, 0.1) is 27.2 Å². The zero-order chi connectivity index (χ0) is 19.6. The second-order valence-corrected chi connectivity index (χ2v) is 6.22. The summed E-state index contributed by atoms with van der Waals surface area (Å²) in [5.41, 5.74) is 0.0116. The Morgan fingerprint density at radius 3 is 2.56 bits per heavy atom. The van der Waals surface area contributed by atoms with Gasteiger partial charge in [0.05, 0.1) is 27.2 Å². The highest BCUT2D eigenvalue weighted by atomic mass is 32.1. The third kappa shape index (κ3) is 3.77. The normalized spacial score (nSPS) is 10.4. The highest BCUT2D eigenvalue weighted by molar-refractivity contribution is 7.14. The van der Waals surface area contributed by atoms with Crippen molar-refractivity contribution >= 4 is 33.8 Å². The van der Waals surface area contributed by atoms with Crippen LogP contribution in [0.25, 0.3) is 11.4 Å². The molecular formula is C16H11N5O5S. The zero-order valence-corrected chi connectivity index (χ0v) is 14.6. The number of benzene rings is 1. The molecule has 10 nitrogen and oxygen atoms in total. The quantitative estimate of drug-likeness (QED) is 0.522. The number of rotatable bonds is 5. The Morgan fingerprint density at radius 1 is 1.15 bits per heavy atom. The second kappa shape index (κ2) is 7.25. The number of nitrogens with one attached hydrogen (secondary N) is 1. The molecule has 0 aliphatic carbocycles. The SMILES string of the molecule is Cc1c(C(=O)Nc2nc(-c3ccccn3)cs2)cc([N+](=O)[O-])cc1[N+](=O)[O-]. The maximum atomic E-state index is 12.5. The minimum atomic E-state index is -0.786. The van der Waals surface area contributed by atoms with E-state index in [4.69, 9.17) is 0 Å². The van der Waals surface area contributed by atoms with Gasteiger partial charge in [-0.1, -0.05) is 6.07 Å². The van der Waals surface area contributed by atoms with E-state index in [0.717, 1.165) is 23.5 Å². The van der Waals surface area contributed by atoms with Gasteiger partial charge in [-0.15, -0.1) is 11.3 Å². The van der Waals surface area contributed by atoms with Crippen LogP contribution in [0.1, 0.15) is 15.9 Å². The van der Waals surface area contributed by atoms with Crippen LogP contribution >= 0.6 is 11.3 Å². The third-order valence-electron chi connectivity index (χ3n) is 3.67. The van der Waals surface area contributed by atoms with E-state index in [0.29, 0.717) is 11.4 Å². The van der Waals surface area contributed by atoms with Crippen LogP contribution in [0.15, 0.2) is 41.9 Å². The average molecular weight is 385 g/mol. The number of aromatic nitrogens is 2. The number of non-ortho nitro benzene ring substituents is 1. The molecule has 0 bridgehead atoms. The van der Waals surface area contributed by atoms with Crippen LogP contribution in [0.5, 0.6) is 0 Å². The number of carbonyl (C=O) groups is 1. The fourth-order valence-electron chi connectivity index (χ4n) is 2.34. The van der Waals surface area contributed by atoms with Crippen LogP contribution in [0.3, 0.4) is 0 Å². The average Bonchev–Trinajstić information content (AvgIpc) is 3.10. The molecule has 27 heavy (non-hydrogen) atoms. The highest BCUT2D eigenvalue weighted by Crippen LogP contribution is 2.29. The van der Waals surface area contributed by atoms with Crippen molar-refractivity contribution in [1.82, 2.24) is 9.97 Å². The standard InChI is InChI=1S/C16H11N5O5S/c1-9-11(6-10(20(23)24)7-14(9)21(25)26)15(22)19-16-18-13(8-27-16)12-4-2-3-5-17-12/h2-8H,1H3,(H,18,19,22). The van der Waals surface area contributed by atoms with Crippen LogP contribution in [-0.2, 0) is 0 Å². The van der Waals surface area contributed by atoms with Crippen molar-refractivity contribution in [3.05, 3.63) is 73.3 Å². The smallest absolute Gasteiger partial charge is 0.279 e. The number of thiazole rings is 1. The summed E-state index contributed by atoms with van der Waals surface area (Å²) in [4.78, 5) is 41.5. The van der Waals surface area contributed by atoms with Gasteiger partial charge in [-0.3, -0.25) is 35.3 Å². The Labute approximate surface area is 155 Å². The van der Waals surface area contributed by atoms with E-state index in [2.05, 4.69) is 15.3 Å². The van der Waals surface area contributed by atoms with Crippen molar-refractivity contribution in [3.8, 4) is 11.4 Å². The lowest BCUT2D eigenvalue weighted by Crippen LogP contribution is -2.14. The summed E-state index contributed by atoms with van der Waals surface area (Å²) in [6.45, 7) is 1.36. The van der Waals surface area contributed by atoms with Crippen LogP contribution in [-0.4, -0.2) is 25.7 Å². The van der Waals surface area contributed by atoms with E-state index >= 15 is 0 Å². The Bertz CT molecular complexity index is 1050. The number of hydrogen-bond donors (Lipinski definition) is 1. The van der Waals surface area contributed by atoms with Gasteiger partial charge in [-0.05, 0) is 19.1 Å². The summed E-state index contributed by atoms with van der Waals surface area (Å²) in [6.07, 6.45) is 1.61. The van der Waals surface area contributed by atoms with E-state index in [-0.39, 0.29) is 16.3 Å². The molecule has 1 N–H and O–H groups in total.